The minimum absolute atomic E-state index is 0.0280. The highest BCUT2D eigenvalue weighted by Gasteiger charge is 2.31. The lowest BCUT2D eigenvalue weighted by Crippen LogP contribution is -2.13. The lowest BCUT2D eigenvalue weighted by atomic mass is 9.98. The van der Waals surface area contributed by atoms with E-state index in [-0.39, 0.29) is 5.75 Å². The maximum Gasteiger partial charge on any atom is 0.418 e. The van der Waals surface area contributed by atoms with E-state index in [0.717, 1.165) is 36.2 Å². The molecule has 0 unspecified atom stereocenters. The molecular weight excluding hydrogens is 383 g/mol. The Labute approximate surface area is 164 Å². The zero-order valence-electron chi connectivity index (χ0n) is 15.1. The zero-order valence-corrected chi connectivity index (χ0v) is 15.1. The van der Waals surface area contributed by atoms with E-state index in [1.807, 2.05) is 6.07 Å². The van der Waals surface area contributed by atoms with Crippen LogP contribution in [0.15, 0.2) is 55.0 Å². The molecule has 0 bridgehead atoms. The number of carbonyl (C=O) groups is 1. The molecule has 0 aliphatic heterocycles. The molecule has 3 aromatic rings. The summed E-state index contributed by atoms with van der Waals surface area (Å²) in [6.07, 6.45) is 0.958. The van der Waals surface area contributed by atoms with Crippen LogP contribution in [-0.2, 0) is 6.18 Å². The molecule has 5 nitrogen and oxygen atoms in total. The highest BCUT2D eigenvalue weighted by Crippen LogP contribution is 2.43. The van der Waals surface area contributed by atoms with E-state index in [2.05, 4.69) is 9.97 Å². The Kier molecular flexibility index (Phi) is 4.70. The van der Waals surface area contributed by atoms with Crippen LogP contribution >= 0.6 is 0 Å². The van der Waals surface area contributed by atoms with E-state index in [4.69, 9.17) is 10.5 Å². The van der Waals surface area contributed by atoms with Crippen LogP contribution in [0.4, 0.5) is 13.2 Å². The molecular formula is C21H16F3N3O2. The second-order valence-corrected chi connectivity index (χ2v) is 6.83. The van der Waals surface area contributed by atoms with Crippen molar-refractivity contribution in [3.8, 4) is 22.8 Å². The van der Waals surface area contributed by atoms with Crippen LogP contribution in [0.1, 0.15) is 40.2 Å². The van der Waals surface area contributed by atoms with Crippen molar-refractivity contribution in [2.45, 2.75) is 24.9 Å². The van der Waals surface area contributed by atoms with Gasteiger partial charge in [0.1, 0.15) is 11.5 Å². The van der Waals surface area contributed by atoms with Crippen LogP contribution in [0.25, 0.3) is 11.3 Å². The molecule has 1 aliphatic carbocycles. The molecule has 4 rings (SSSR count). The maximum absolute atomic E-state index is 12.9. The molecule has 2 heterocycles. The summed E-state index contributed by atoms with van der Waals surface area (Å²) in [7, 11) is 0. The molecule has 1 fully saturated rings. The van der Waals surface area contributed by atoms with Crippen molar-refractivity contribution in [2.24, 2.45) is 5.73 Å². The Balaban J connectivity index is 1.63. The zero-order chi connectivity index (χ0) is 20.6. The van der Waals surface area contributed by atoms with Crippen LogP contribution in [-0.4, -0.2) is 15.9 Å². The normalized spacial score (nSPS) is 13.9. The van der Waals surface area contributed by atoms with Crippen molar-refractivity contribution >= 4 is 5.91 Å². The van der Waals surface area contributed by atoms with Crippen LogP contribution in [0.5, 0.6) is 11.5 Å². The molecule has 29 heavy (non-hydrogen) atoms. The Morgan fingerprint density at radius 2 is 1.86 bits per heavy atom. The maximum atomic E-state index is 12.9. The summed E-state index contributed by atoms with van der Waals surface area (Å²) in [6, 6.07) is 9.36. The summed E-state index contributed by atoms with van der Waals surface area (Å²) in [6.45, 7) is 0. The summed E-state index contributed by atoms with van der Waals surface area (Å²) >= 11 is 0. The van der Waals surface area contributed by atoms with Gasteiger partial charge in [-0.3, -0.25) is 14.8 Å². The highest BCUT2D eigenvalue weighted by atomic mass is 19.4. The second kappa shape index (κ2) is 7.20. The predicted octanol–water partition coefficient (Wildman–Crippen LogP) is 4.93. The van der Waals surface area contributed by atoms with Crippen molar-refractivity contribution in [3.05, 3.63) is 71.7 Å². The van der Waals surface area contributed by atoms with Crippen LogP contribution in [0.3, 0.4) is 0 Å². The largest absolute Gasteiger partial charge is 0.456 e. The number of hydrogen-bond acceptors (Lipinski definition) is 4. The number of amides is 1. The molecule has 2 N–H and O–H groups in total. The number of carbonyl (C=O) groups excluding carboxylic acids is 1. The minimum atomic E-state index is -4.50. The first-order valence-electron chi connectivity index (χ1n) is 8.91. The fourth-order valence-electron chi connectivity index (χ4n) is 3.08. The lowest BCUT2D eigenvalue weighted by Gasteiger charge is -2.11. The molecule has 1 saturated carbocycles. The predicted molar refractivity (Wildman–Crippen MR) is 99.5 cm³/mol. The third-order valence-electron chi connectivity index (χ3n) is 4.64. The number of nitrogens with zero attached hydrogens (tertiary/aromatic N) is 2. The first-order chi connectivity index (χ1) is 13.8. The number of benzene rings is 1. The minimum Gasteiger partial charge on any atom is -0.456 e. The molecule has 148 valence electrons. The van der Waals surface area contributed by atoms with Crippen molar-refractivity contribution in [3.63, 3.8) is 0 Å². The highest BCUT2D eigenvalue weighted by molar-refractivity contribution is 5.95. The van der Waals surface area contributed by atoms with E-state index in [9.17, 15) is 18.0 Å². The number of hydrogen-bond donors (Lipinski definition) is 1. The quantitative estimate of drug-likeness (QED) is 0.660. The van der Waals surface area contributed by atoms with E-state index < -0.39 is 17.6 Å². The third kappa shape index (κ3) is 4.21. The van der Waals surface area contributed by atoms with Crippen LogP contribution in [0.2, 0.25) is 0 Å². The first-order valence-corrected chi connectivity index (χ1v) is 8.91. The van der Waals surface area contributed by atoms with Gasteiger partial charge >= 0.3 is 6.18 Å². The second-order valence-electron chi connectivity index (χ2n) is 6.83. The lowest BCUT2D eigenvalue weighted by molar-refractivity contribution is -0.137. The molecule has 1 aliphatic rings. The molecule has 2 aromatic heterocycles. The Morgan fingerprint density at radius 3 is 2.55 bits per heavy atom. The van der Waals surface area contributed by atoms with Gasteiger partial charge in [-0.05, 0) is 48.6 Å². The summed E-state index contributed by atoms with van der Waals surface area (Å²) in [5.41, 5.74) is 7.30. The number of primary amides is 1. The van der Waals surface area contributed by atoms with Crippen molar-refractivity contribution in [1.82, 2.24) is 9.97 Å². The average molecular weight is 399 g/mol. The molecule has 1 amide bonds. The molecule has 8 heteroatoms. The molecule has 0 saturated heterocycles. The number of pyridine rings is 2. The smallest absolute Gasteiger partial charge is 0.418 e. The Bertz CT molecular complexity index is 1080. The van der Waals surface area contributed by atoms with Gasteiger partial charge < -0.3 is 10.5 Å². The summed E-state index contributed by atoms with van der Waals surface area (Å²) in [4.78, 5) is 19.6. The van der Waals surface area contributed by atoms with Gasteiger partial charge in [0.05, 0.1) is 17.5 Å². The number of halogens is 3. The summed E-state index contributed by atoms with van der Waals surface area (Å²) < 4.78 is 44.1. The van der Waals surface area contributed by atoms with Crippen molar-refractivity contribution in [1.29, 1.82) is 0 Å². The average Bonchev–Trinajstić information content (AvgIpc) is 3.52. The van der Waals surface area contributed by atoms with Gasteiger partial charge in [-0.15, -0.1) is 0 Å². The van der Waals surface area contributed by atoms with Gasteiger partial charge in [0.2, 0.25) is 5.91 Å². The summed E-state index contributed by atoms with van der Waals surface area (Å²) in [5.74, 6) is 0.136. The van der Waals surface area contributed by atoms with E-state index in [0.29, 0.717) is 22.9 Å². The van der Waals surface area contributed by atoms with Gasteiger partial charge in [0, 0.05) is 29.6 Å². The number of rotatable bonds is 5. The summed E-state index contributed by atoms with van der Waals surface area (Å²) in [5, 5.41) is 0. The van der Waals surface area contributed by atoms with Gasteiger partial charge in [0.15, 0.2) is 0 Å². The monoisotopic (exact) mass is 399 g/mol. The number of alkyl halides is 3. The van der Waals surface area contributed by atoms with Gasteiger partial charge in [0.25, 0.3) is 0 Å². The van der Waals surface area contributed by atoms with Gasteiger partial charge in [-0.25, -0.2) is 0 Å². The van der Waals surface area contributed by atoms with Crippen LogP contribution in [0, 0.1) is 0 Å². The van der Waals surface area contributed by atoms with Crippen molar-refractivity contribution in [2.75, 3.05) is 0 Å². The SMILES string of the molecule is NC(=O)c1ccc(-c2cc(Oc3cncc(C(F)(F)F)c3)ccn2)cc1C1CC1. The van der Waals surface area contributed by atoms with Gasteiger partial charge in [-0.1, -0.05) is 6.07 Å². The Morgan fingerprint density at radius 1 is 1.07 bits per heavy atom. The number of nitrogens with two attached hydrogens (primary N) is 1. The number of ether oxygens (including phenoxy) is 1. The topological polar surface area (TPSA) is 78.1 Å². The van der Waals surface area contributed by atoms with Gasteiger partial charge in [-0.2, -0.15) is 13.2 Å². The standard InChI is InChI=1S/C21H16F3N3O2/c22-21(23,24)14-8-16(11-26-10-14)29-15-5-6-27-19(9-15)13-3-4-17(20(25)28)18(7-13)12-1-2-12/h3-12H,1-2H2,(H2,25,28). The van der Waals surface area contributed by atoms with E-state index >= 15 is 0 Å². The molecule has 1 aromatic carbocycles. The Hall–Kier alpha value is -3.42. The van der Waals surface area contributed by atoms with Crippen LogP contribution < -0.4 is 10.5 Å². The van der Waals surface area contributed by atoms with E-state index in [1.165, 1.54) is 12.4 Å². The van der Waals surface area contributed by atoms with Crippen molar-refractivity contribution < 1.29 is 22.7 Å². The number of aromatic nitrogens is 2. The molecule has 0 spiro atoms. The first kappa shape index (κ1) is 18.9. The third-order valence-corrected chi connectivity index (χ3v) is 4.64. The molecule has 0 atom stereocenters. The fourth-order valence-corrected chi connectivity index (χ4v) is 3.08. The van der Waals surface area contributed by atoms with E-state index in [1.54, 1.807) is 24.3 Å². The molecule has 0 radical (unpaired) electrons. The fraction of sp³-hybridized carbons (Fsp3) is 0.190.